The molecule has 0 saturated carbocycles. The Balaban J connectivity index is 1.61. The number of hydrogen-bond acceptors (Lipinski definition) is 5. The normalized spacial score (nSPS) is 17.1. The number of rotatable bonds is 7. The fourth-order valence-electron chi connectivity index (χ4n) is 3.30. The van der Waals surface area contributed by atoms with Crippen LogP contribution >= 0.6 is 0 Å². The van der Waals surface area contributed by atoms with E-state index in [0.29, 0.717) is 12.1 Å². The lowest BCUT2D eigenvalue weighted by molar-refractivity contribution is 0.0952. The number of aromatic nitrogens is 1. The summed E-state index contributed by atoms with van der Waals surface area (Å²) in [7, 11) is 4.07. The number of hydrogen-bond donors (Lipinski definition) is 2. The first-order chi connectivity index (χ1) is 13.1. The molecule has 1 fully saturated rings. The van der Waals surface area contributed by atoms with E-state index in [9.17, 15) is 4.79 Å². The number of anilines is 1. The Kier molecular flexibility index (Phi) is 6.79. The summed E-state index contributed by atoms with van der Waals surface area (Å²) in [5.41, 5.74) is 1.94. The number of piperazine rings is 1. The molecule has 1 aromatic heterocycles. The maximum atomic E-state index is 12.4. The van der Waals surface area contributed by atoms with Crippen LogP contribution in [-0.2, 0) is 0 Å². The van der Waals surface area contributed by atoms with Gasteiger partial charge < -0.3 is 20.4 Å². The Morgan fingerprint density at radius 3 is 2.89 bits per heavy atom. The maximum absolute atomic E-state index is 12.4. The first kappa shape index (κ1) is 19.3. The van der Waals surface area contributed by atoms with Gasteiger partial charge in [0.2, 0.25) is 0 Å². The lowest BCUT2D eigenvalue weighted by atomic mass is 10.0. The Morgan fingerprint density at radius 2 is 2.11 bits per heavy atom. The van der Waals surface area contributed by atoms with Crippen molar-refractivity contribution < 1.29 is 4.79 Å². The average molecular weight is 367 g/mol. The lowest BCUT2D eigenvalue weighted by Crippen LogP contribution is -2.46. The molecular formula is C21H29N5O. The summed E-state index contributed by atoms with van der Waals surface area (Å²) in [5, 5.41) is 6.56. The second kappa shape index (κ2) is 9.48. The Morgan fingerprint density at radius 1 is 1.30 bits per heavy atom. The maximum Gasteiger partial charge on any atom is 0.251 e. The van der Waals surface area contributed by atoms with E-state index in [0.717, 1.165) is 38.4 Å². The van der Waals surface area contributed by atoms with Gasteiger partial charge in [-0.1, -0.05) is 30.3 Å². The van der Waals surface area contributed by atoms with E-state index in [1.165, 1.54) is 5.56 Å². The Bertz CT molecular complexity index is 734. The molecule has 1 aliphatic heterocycles. The van der Waals surface area contributed by atoms with Gasteiger partial charge in [0.1, 0.15) is 5.82 Å². The zero-order valence-electron chi connectivity index (χ0n) is 16.2. The van der Waals surface area contributed by atoms with E-state index in [4.69, 9.17) is 0 Å². The van der Waals surface area contributed by atoms with Crippen LogP contribution in [0.1, 0.15) is 28.4 Å². The van der Waals surface area contributed by atoms with Gasteiger partial charge in [-0.05, 0) is 44.8 Å². The molecule has 2 heterocycles. The van der Waals surface area contributed by atoms with Crippen LogP contribution in [0.2, 0.25) is 0 Å². The summed E-state index contributed by atoms with van der Waals surface area (Å²) < 4.78 is 0. The average Bonchev–Trinajstić information content (AvgIpc) is 2.72. The van der Waals surface area contributed by atoms with Crippen molar-refractivity contribution in [3.63, 3.8) is 0 Å². The lowest BCUT2D eigenvalue weighted by Gasteiger charge is -2.34. The van der Waals surface area contributed by atoms with E-state index in [1.807, 2.05) is 26.2 Å². The van der Waals surface area contributed by atoms with Gasteiger partial charge in [-0.15, -0.1) is 0 Å². The smallest absolute Gasteiger partial charge is 0.251 e. The third-order valence-electron chi connectivity index (χ3n) is 4.78. The minimum Gasteiger partial charge on any atom is -0.353 e. The summed E-state index contributed by atoms with van der Waals surface area (Å²) in [6, 6.07) is 14.4. The van der Waals surface area contributed by atoms with Gasteiger partial charge in [-0.25, -0.2) is 4.98 Å². The van der Waals surface area contributed by atoms with Crippen molar-refractivity contribution in [1.82, 2.24) is 20.5 Å². The molecule has 27 heavy (non-hydrogen) atoms. The first-order valence-corrected chi connectivity index (χ1v) is 9.56. The third kappa shape index (κ3) is 5.52. The first-order valence-electron chi connectivity index (χ1n) is 9.56. The van der Waals surface area contributed by atoms with E-state index in [1.54, 1.807) is 12.3 Å². The predicted molar refractivity (Wildman–Crippen MR) is 109 cm³/mol. The van der Waals surface area contributed by atoms with Gasteiger partial charge in [-0.3, -0.25) is 4.79 Å². The summed E-state index contributed by atoms with van der Waals surface area (Å²) in [6.45, 7) is 4.25. The standard InChI is InChI=1S/C21H29N5O/c1-25(2)13-6-10-24-21(27)18-9-11-23-20(15-18)26-14-12-22-19(16-26)17-7-4-3-5-8-17/h3-5,7-9,11,15,19,22H,6,10,12-14,16H2,1-2H3,(H,24,27)/t19-/m1/s1. The topological polar surface area (TPSA) is 60.5 Å². The molecule has 1 amide bonds. The highest BCUT2D eigenvalue weighted by molar-refractivity contribution is 5.94. The van der Waals surface area contributed by atoms with Crippen molar-refractivity contribution in [2.45, 2.75) is 12.5 Å². The van der Waals surface area contributed by atoms with E-state index >= 15 is 0 Å². The van der Waals surface area contributed by atoms with Gasteiger partial charge in [0.05, 0.1) is 0 Å². The molecular weight excluding hydrogens is 338 g/mol. The molecule has 1 saturated heterocycles. The van der Waals surface area contributed by atoms with Gasteiger partial charge in [0.25, 0.3) is 5.91 Å². The van der Waals surface area contributed by atoms with Gasteiger partial charge >= 0.3 is 0 Å². The number of nitrogens with zero attached hydrogens (tertiary/aromatic N) is 3. The number of carbonyl (C=O) groups excluding carboxylic acids is 1. The molecule has 1 aromatic carbocycles. The van der Waals surface area contributed by atoms with Crippen LogP contribution in [0, 0.1) is 0 Å². The molecule has 6 nitrogen and oxygen atoms in total. The summed E-state index contributed by atoms with van der Waals surface area (Å²) >= 11 is 0. The summed E-state index contributed by atoms with van der Waals surface area (Å²) in [5.74, 6) is 0.825. The molecule has 0 aliphatic carbocycles. The van der Waals surface area contributed by atoms with Gasteiger partial charge in [-0.2, -0.15) is 0 Å². The molecule has 0 radical (unpaired) electrons. The molecule has 6 heteroatoms. The molecule has 144 valence electrons. The van der Waals surface area contributed by atoms with Crippen molar-refractivity contribution in [2.24, 2.45) is 0 Å². The van der Waals surface area contributed by atoms with Crippen LogP contribution in [0.5, 0.6) is 0 Å². The van der Waals surface area contributed by atoms with Gasteiger partial charge in [0, 0.05) is 44.0 Å². The largest absolute Gasteiger partial charge is 0.353 e. The molecule has 2 N–H and O–H groups in total. The van der Waals surface area contributed by atoms with Crippen LogP contribution in [0.4, 0.5) is 5.82 Å². The number of carbonyl (C=O) groups is 1. The number of pyridine rings is 1. The molecule has 2 aromatic rings. The number of nitrogens with one attached hydrogen (secondary N) is 2. The highest BCUT2D eigenvalue weighted by Gasteiger charge is 2.22. The third-order valence-corrected chi connectivity index (χ3v) is 4.78. The monoisotopic (exact) mass is 367 g/mol. The van der Waals surface area contributed by atoms with E-state index < -0.39 is 0 Å². The second-order valence-electron chi connectivity index (χ2n) is 7.18. The molecule has 0 bridgehead atoms. The summed E-state index contributed by atoms with van der Waals surface area (Å²) in [4.78, 5) is 21.3. The van der Waals surface area contributed by atoms with Crippen molar-refractivity contribution in [1.29, 1.82) is 0 Å². The van der Waals surface area contributed by atoms with E-state index in [2.05, 4.69) is 49.7 Å². The van der Waals surface area contributed by atoms with Crippen LogP contribution < -0.4 is 15.5 Å². The molecule has 1 atom stereocenters. The molecule has 0 unspecified atom stereocenters. The predicted octanol–water partition coefficient (Wildman–Crippen LogP) is 1.91. The van der Waals surface area contributed by atoms with Crippen LogP contribution in [0.25, 0.3) is 0 Å². The molecule has 0 spiro atoms. The van der Waals surface area contributed by atoms with Crippen molar-refractivity contribution >= 4 is 11.7 Å². The summed E-state index contributed by atoms with van der Waals surface area (Å²) in [6.07, 6.45) is 2.66. The zero-order chi connectivity index (χ0) is 19.1. The van der Waals surface area contributed by atoms with Crippen LogP contribution in [-0.4, -0.2) is 62.6 Å². The number of amides is 1. The van der Waals surface area contributed by atoms with E-state index in [-0.39, 0.29) is 11.9 Å². The fraction of sp³-hybridized carbons (Fsp3) is 0.429. The minimum absolute atomic E-state index is 0.0350. The van der Waals surface area contributed by atoms with Crippen molar-refractivity contribution in [3.8, 4) is 0 Å². The fourth-order valence-corrected chi connectivity index (χ4v) is 3.30. The van der Waals surface area contributed by atoms with Crippen molar-refractivity contribution in [2.75, 3.05) is 51.7 Å². The zero-order valence-corrected chi connectivity index (χ0v) is 16.2. The van der Waals surface area contributed by atoms with Crippen LogP contribution in [0.15, 0.2) is 48.7 Å². The minimum atomic E-state index is -0.0350. The second-order valence-corrected chi connectivity index (χ2v) is 7.18. The highest BCUT2D eigenvalue weighted by atomic mass is 16.1. The quantitative estimate of drug-likeness (QED) is 0.732. The SMILES string of the molecule is CN(C)CCCNC(=O)c1ccnc(N2CCN[C@@H](c3ccccc3)C2)c1. The Labute approximate surface area is 161 Å². The van der Waals surface area contributed by atoms with Gasteiger partial charge in [0.15, 0.2) is 0 Å². The molecule has 3 rings (SSSR count). The molecule has 1 aliphatic rings. The van der Waals surface area contributed by atoms with Crippen LogP contribution in [0.3, 0.4) is 0 Å². The van der Waals surface area contributed by atoms with Crippen molar-refractivity contribution in [3.05, 3.63) is 59.8 Å². The Hall–Kier alpha value is -2.44. The number of benzene rings is 1. The highest BCUT2D eigenvalue weighted by Crippen LogP contribution is 2.21.